The number of carbonyl (C=O) groups excluding carboxylic acids is 1. The first kappa shape index (κ1) is 19.7. The molecule has 1 atom stereocenters. The van der Waals surface area contributed by atoms with Crippen molar-refractivity contribution < 1.29 is 9.53 Å². The van der Waals surface area contributed by atoms with Gasteiger partial charge in [-0.25, -0.2) is 0 Å². The molecular formula is C21H34O2. The highest BCUT2D eigenvalue weighted by molar-refractivity contribution is 5.77. The Labute approximate surface area is 142 Å². The van der Waals surface area contributed by atoms with Crippen LogP contribution in [0.4, 0.5) is 0 Å². The first-order valence-corrected chi connectivity index (χ1v) is 9.30. The number of esters is 1. The van der Waals surface area contributed by atoms with Crippen LogP contribution in [0.1, 0.15) is 83.3 Å². The zero-order chi connectivity index (χ0) is 17.1. The first-order valence-electron chi connectivity index (χ1n) is 9.30. The van der Waals surface area contributed by atoms with Gasteiger partial charge in [0.15, 0.2) is 0 Å². The summed E-state index contributed by atoms with van der Waals surface area (Å²) < 4.78 is 5.42. The van der Waals surface area contributed by atoms with Crippen LogP contribution in [-0.4, -0.2) is 12.6 Å². The number of hydrogen-bond donors (Lipinski definition) is 0. The van der Waals surface area contributed by atoms with Crippen molar-refractivity contribution in [2.45, 2.75) is 78.6 Å². The number of ether oxygens (including phenoxy) is 1. The minimum absolute atomic E-state index is 0.102. The van der Waals surface area contributed by atoms with Crippen molar-refractivity contribution >= 4 is 5.97 Å². The molecule has 0 aromatic heterocycles. The largest absolute Gasteiger partial charge is 0.465 e. The van der Waals surface area contributed by atoms with E-state index in [1.54, 1.807) is 0 Å². The molecule has 0 radical (unpaired) electrons. The number of benzene rings is 1. The molecule has 2 nitrogen and oxygen atoms in total. The summed E-state index contributed by atoms with van der Waals surface area (Å²) in [5.41, 5.74) is 2.38. The van der Waals surface area contributed by atoms with Crippen LogP contribution in [0.3, 0.4) is 0 Å². The molecular weight excluding hydrogens is 284 g/mol. The lowest BCUT2D eigenvalue weighted by Crippen LogP contribution is -2.14. The van der Waals surface area contributed by atoms with Gasteiger partial charge in [0.2, 0.25) is 0 Å². The van der Waals surface area contributed by atoms with E-state index in [0.717, 1.165) is 24.8 Å². The monoisotopic (exact) mass is 318 g/mol. The van der Waals surface area contributed by atoms with E-state index in [0.29, 0.717) is 12.5 Å². The summed E-state index contributed by atoms with van der Waals surface area (Å²) in [6, 6.07) is 8.39. The molecule has 23 heavy (non-hydrogen) atoms. The van der Waals surface area contributed by atoms with Gasteiger partial charge in [-0.15, -0.1) is 0 Å². The van der Waals surface area contributed by atoms with Crippen LogP contribution in [0.5, 0.6) is 0 Å². The van der Waals surface area contributed by atoms with E-state index < -0.39 is 0 Å². The van der Waals surface area contributed by atoms with E-state index in [1.807, 2.05) is 6.92 Å². The number of carbonyl (C=O) groups is 1. The Morgan fingerprint density at radius 1 is 0.957 bits per heavy atom. The fourth-order valence-electron chi connectivity index (χ4n) is 2.73. The molecule has 0 aliphatic carbocycles. The van der Waals surface area contributed by atoms with Crippen LogP contribution in [-0.2, 0) is 16.0 Å². The van der Waals surface area contributed by atoms with Crippen molar-refractivity contribution in [1.29, 1.82) is 0 Å². The Hall–Kier alpha value is -1.31. The molecule has 1 aromatic rings. The van der Waals surface area contributed by atoms with Crippen molar-refractivity contribution in [2.24, 2.45) is 5.92 Å². The normalized spacial score (nSPS) is 12.4. The van der Waals surface area contributed by atoms with Gasteiger partial charge in [-0.3, -0.25) is 4.79 Å². The Morgan fingerprint density at radius 3 is 2.17 bits per heavy atom. The molecule has 0 saturated carbocycles. The summed E-state index contributed by atoms with van der Waals surface area (Å²) in [5.74, 6) is 0.374. The minimum atomic E-state index is -0.178. The summed E-state index contributed by atoms with van der Waals surface area (Å²) >= 11 is 0. The second-order valence-corrected chi connectivity index (χ2v) is 7.00. The van der Waals surface area contributed by atoms with Crippen LogP contribution in [0.25, 0.3) is 0 Å². The molecule has 1 unspecified atom stereocenters. The first-order chi connectivity index (χ1) is 11.0. The molecule has 0 heterocycles. The van der Waals surface area contributed by atoms with Gasteiger partial charge < -0.3 is 4.74 Å². The topological polar surface area (TPSA) is 26.3 Å². The second-order valence-electron chi connectivity index (χ2n) is 7.00. The van der Waals surface area contributed by atoms with Crippen LogP contribution < -0.4 is 0 Å². The van der Waals surface area contributed by atoms with E-state index >= 15 is 0 Å². The summed E-state index contributed by atoms with van der Waals surface area (Å²) in [4.78, 5) is 12.1. The Kier molecular flexibility index (Phi) is 9.66. The second kappa shape index (κ2) is 11.3. The van der Waals surface area contributed by atoms with Gasteiger partial charge in [0.1, 0.15) is 0 Å². The Bertz CT molecular complexity index is 434. The molecule has 0 aliphatic rings. The van der Waals surface area contributed by atoms with Crippen molar-refractivity contribution in [1.82, 2.24) is 0 Å². The molecule has 0 aliphatic heterocycles. The summed E-state index contributed by atoms with van der Waals surface area (Å²) in [7, 11) is 0. The number of rotatable bonds is 11. The van der Waals surface area contributed by atoms with Gasteiger partial charge in [0.25, 0.3) is 0 Å². The van der Waals surface area contributed by atoms with Crippen LogP contribution in [0, 0.1) is 5.92 Å². The van der Waals surface area contributed by atoms with Gasteiger partial charge >= 0.3 is 5.97 Å². The summed E-state index contributed by atoms with van der Waals surface area (Å²) in [6.07, 6.45) is 8.34. The molecule has 0 amide bonds. The standard InChI is InChI=1S/C21H34O2/c1-5-6-7-8-9-10-15-23-21(22)18(4)20-13-11-19(12-14-20)16-17(2)3/h11-14,17-18H,5-10,15-16H2,1-4H3. The van der Waals surface area contributed by atoms with E-state index in [9.17, 15) is 4.79 Å². The molecule has 1 rings (SSSR count). The zero-order valence-corrected chi connectivity index (χ0v) is 15.4. The lowest BCUT2D eigenvalue weighted by Gasteiger charge is -2.13. The SMILES string of the molecule is CCCCCCCCOC(=O)C(C)c1ccc(CC(C)C)cc1. The van der Waals surface area contributed by atoms with E-state index in [1.165, 1.54) is 31.2 Å². The number of hydrogen-bond acceptors (Lipinski definition) is 2. The van der Waals surface area contributed by atoms with E-state index in [2.05, 4.69) is 45.0 Å². The van der Waals surface area contributed by atoms with Crippen molar-refractivity contribution in [2.75, 3.05) is 6.61 Å². The molecule has 0 bridgehead atoms. The predicted octanol–water partition coefficient (Wildman–Crippen LogP) is 5.89. The van der Waals surface area contributed by atoms with Crippen LogP contribution >= 0.6 is 0 Å². The van der Waals surface area contributed by atoms with Gasteiger partial charge in [-0.1, -0.05) is 77.1 Å². The molecule has 0 saturated heterocycles. The molecule has 130 valence electrons. The maximum absolute atomic E-state index is 12.1. The van der Waals surface area contributed by atoms with E-state index in [4.69, 9.17) is 4.74 Å². The lowest BCUT2D eigenvalue weighted by atomic mass is 9.97. The average Bonchev–Trinajstić information content (AvgIpc) is 2.53. The van der Waals surface area contributed by atoms with Crippen molar-refractivity contribution in [3.8, 4) is 0 Å². The minimum Gasteiger partial charge on any atom is -0.465 e. The third-order valence-corrected chi connectivity index (χ3v) is 4.22. The van der Waals surface area contributed by atoms with Crippen molar-refractivity contribution in [3.63, 3.8) is 0 Å². The van der Waals surface area contributed by atoms with E-state index in [-0.39, 0.29) is 11.9 Å². The predicted molar refractivity (Wildman–Crippen MR) is 97.7 cm³/mol. The summed E-state index contributed by atoms with van der Waals surface area (Å²) in [6.45, 7) is 9.15. The smallest absolute Gasteiger partial charge is 0.313 e. The highest BCUT2D eigenvalue weighted by Crippen LogP contribution is 2.19. The Balaban J connectivity index is 2.30. The zero-order valence-electron chi connectivity index (χ0n) is 15.4. The third kappa shape index (κ3) is 8.20. The third-order valence-electron chi connectivity index (χ3n) is 4.22. The summed E-state index contributed by atoms with van der Waals surface area (Å²) in [5, 5.41) is 0. The number of unbranched alkanes of at least 4 members (excludes halogenated alkanes) is 5. The highest BCUT2D eigenvalue weighted by Gasteiger charge is 2.16. The molecule has 2 heteroatoms. The molecule has 0 fully saturated rings. The molecule has 0 spiro atoms. The molecule has 1 aromatic carbocycles. The fraction of sp³-hybridized carbons (Fsp3) is 0.667. The highest BCUT2D eigenvalue weighted by atomic mass is 16.5. The van der Waals surface area contributed by atoms with Gasteiger partial charge in [0.05, 0.1) is 12.5 Å². The maximum atomic E-state index is 12.1. The maximum Gasteiger partial charge on any atom is 0.313 e. The van der Waals surface area contributed by atoms with Crippen LogP contribution in [0.15, 0.2) is 24.3 Å². The fourth-order valence-corrected chi connectivity index (χ4v) is 2.73. The van der Waals surface area contributed by atoms with Gasteiger partial charge in [-0.05, 0) is 36.8 Å². The van der Waals surface area contributed by atoms with Crippen molar-refractivity contribution in [3.05, 3.63) is 35.4 Å². The lowest BCUT2D eigenvalue weighted by molar-refractivity contribution is -0.145. The average molecular weight is 319 g/mol. The van der Waals surface area contributed by atoms with Gasteiger partial charge in [0, 0.05) is 0 Å². The van der Waals surface area contributed by atoms with Crippen LogP contribution in [0.2, 0.25) is 0 Å². The quantitative estimate of drug-likeness (QED) is 0.375. The van der Waals surface area contributed by atoms with Gasteiger partial charge in [-0.2, -0.15) is 0 Å². The Morgan fingerprint density at radius 2 is 1.57 bits per heavy atom. The molecule has 0 N–H and O–H groups in total.